The number of ether oxygens (including phenoxy) is 1. The third kappa shape index (κ3) is 2.87. The zero-order valence-electron chi connectivity index (χ0n) is 15.6. The highest BCUT2D eigenvalue weighted by Gasteiger charge is 2.48. The first kappa shape index (κ1) is 17.4. The molecule has 138 valence electrons. The maximum atomic E-state index is 13.2. The molecule has 2 aliphatic heterocycles. The second kappa shape index (κ2) is 6.92. The van der Waals surface area contributed by atoms with E-state index in [9.17, 15) is 4.39 Å². The van der Waals surface area contributed by atoms with Gasteiger partial charge in [0.25, 0.3) is 0 Å². The Morgan fingerprint density at radius 2 is 2.12 bits per heavy atom. The van der Waals surface area contributed by atoms with E-state index < -0.39 is 6.17 Å². The molecule has 5 heteroatoms. The van der Waals surface area contributed by atoms with Crippen molar-refractivity contribution in [3.05, 3.63) is 23.3 Å². The van der Waals surface area contributed by atoms with Crippen LogP contribution in [0.15, 0.2) is 17.1 Å². The first-order valence-electron chi connectivity index (χ1n) is 9.51. The van der Waals surface area contributed by atoms with E-state index in [4.69, 9.17) is 9.73 Å². The minimum absolute atomic E-state index is 0.0556. The summed E-state index contributed by atoms with van der Waals surface area (Å²) in [5.41, 5.74) is 3.21. The number of piperidine rings is 1. The first-order valence-corrected chi connectivity index (χ1v) is 9.51. The molecule has 1 N–H and O–H groups in total. The van der Waals surface area contributed by atoms with Crippen molar-refractivity contribution in [1.82, 2.24) is 10.2 Å². The number of alkyl halides is 1. The summed E-state index contributed by atoms with van der Waals surface area (Å²) in [4.78, 5) is 7.03. The minimum atomic E-state index is -0.644. The fourth-order valence-corrected chi connectivity index (χ4v) is 4.30. The van der Waals surface area contributed by atoms with Gasteiger partial charge in [-0.3, -0.25) is 4.90 Å². The van der Waals surface area contributed by atoms with Crippen LogP contribution in [0.1, 0.15) is 43.2 Å². The number of fused-ring (bicyclic) bond motifs is 2. The molecule has 0 radical (unpaired) electrons. The number of nitrogens with zero attached hydrogens (tertiary/aromatic N) is 2. The number of amidine groups is 1. The van der Waals surface area contributed by atoms with E-state index in [-0.39, 0.29) is 5.41 Å². The fourth-order valence-electron chi connectivity index (χ4n) is 4.30. The van der Waals surface area contributed by atoms with Crippen molar-refractivity contribution in [3.8, 4) is 17.6 Å². The van der Waals surface area contributed by atoms with Gasteiger partial charge in [-0.15, -0.1) is 0 Å². The fraction of sp³-hybridized carbons (Fsp3) is 0.571. The van der Waals surface area contributed by atoms with E-state index in [2.05, 4.69) is 34.2 Å². The van der Waals surface area contributed by atoms with Crippen LogP contribution in [0.2, 0.25) is 0 Å². The average Bonchev–Trinajstić information content (AvgIpc) is 2.96. The third-order valence-electron chi connectivity index (χ3n) is 6.01. The molecule has 26 heavy (non-hydrogen) atoms. The zero-order chi connectivity index (χ0) is 18.1. The van der Waals surface area contributed by atoms with E-state index in [1.54, 1.807) is 7.11 Å². The Kier molecular flexibility index (Phi) is 4.62. The number of likely N-dealkylation sites (N-methyl/N-ethyl adjacent to an activating group) is 1. The number of methoxy groups -OCH3 is 1. The Balaban J connectivity index is 1.57. The van der Waals surface area contributed by atoms with Gasteiger partial charge in [-0.25, -0.2) is 9.38 Å². The highest BCUT2D eigenvalue weighted by Crippen LogP contribution is 2.53. The predicted molar refractivity (Wildman–Crippen MR) is 102 cm³/mol. The Labute approximate surface area is 154 Å². The highest BCUT2D eigenvalue weighted by molar-refractivity contribution is 6.01. The molecule has 1 spiro atoms. The minimum Gasteiger partial charge on any atom is -0.495 e. The number of aliphatic imine (C=N–C) groups is 1. The normalized spacial score (nSPS) is 21.4. The van der Waals surface area contributed by atoms with Gasteiger partial charge in [-0.2, -0.15) is 0 Å². The van der Waals surface area contributed by atoms with E-state index in [0.29, 0.717) is 19.4 Å². The monoisotopic (exact) mass is 355 g/mol. The van der Waals surface area contributed by atoms with Crippen LogP contribution in [0.3, 0.4) is 0 Å². The number of hydrogen-bond acceptors (Lipinski definition) is 4. The summed E-state index contributed by atoms with van der Waals surface area (Å²) in [6.07, 6.45) is 4.10. The topological polar surface area (TPSA) is 36.9 Å². The molecule has 3 aliphatic rings. The first-order chi connectivity index (χ1) is 12.7. The summed E-state index contributed by atoms with van der Waals surface area (Å²) in [7, 11) is 3.64. The van der Waals surface area contributed by atoms with Gasteiger partial charge in [0, 0.05) is 20.1 Å². The lowest BCUT2D eigenvalue weighted by Crippen LogP contribution is -2.45. The van der Waals surface area contributed by atoms with Crippen LogP contribution in [0.4, 0.5) is 10.1 Å². The molecule has 4 nitrogen and oxygen atoms in total. The maximum absolute atomic E-state index is 13.2. The van der Waals surface area contributed by atoms with E-state index in [1.165, 1.54) is 12.0 Å². The Hall–Kier alpha value is -2.06. The largest absolute Gasteiger partial charge is 0.495 e. The van der Waals surface area contributed by atoms with Gasteiger partial charge in [-0.05, 0) is 43.4 Å². The quantitative estimate of drug-likeness (QED) is 0.828. The summed E-state index contributed by atoms with van der Waals surface area (Å²) < 4.78 is 18.9. The summed E-state index contributed by atoms with van der Waals surface area (Å²) in [6, 6.07) is 4.18. The number of hydrogen-bond donors (Lipinski definition) is 1. The molecule has 0 unspecified atom stereocenters. The molecule has 0 bridgehead atoms. The second-order valence-corrected chi connectivity index (χ2v) is 7.47. The van der Waals surface area contributed by atoms with Crippen molar-refractivity contribution >= 4 is 11.5 Å². The van der Waals surface area contributed by atoms with Gasteiger partial charge in [-0.1, -0.05) is 18.3 Å². The van der Waals surface area contributed by atoms with Gasteiger partial charge in [0.05, 0.1) is 30.3 Å². The Morgan fingerprint density at radius 3 is 2.73 bits per heavy atom. The van der Waals surface area contributed by atoms with Crippen LogP contribution in [-0.2, 0) is 5.41 Å². The van der Waals surface area contributed by atoms with Crippen molar-refractivity contribution < 1.29 is 9.13 Å². The molecule has 4 rings (SSSR count). The molecule has 1 aromatic rings. The molecule has 1 saturated carbocycles. The number of likely N-dealkylation sites (tertiary alicyclic amines) is 1. The molecule has 1 aliphatic carbocycles. The molecular weight excluding hydrogens is 329 g/mol. The van der Waals surface area contributed by atoms with E-state index in [0.717, 1.165) is 48.8 Å². The summed E-state index contributed by atoms with van der Waals surface area (Å²) >= 11 is 0. The van der Waals surface area contributed by atoms with Gasteiger partial charge in [0.1, 0.15) is 17.8 Å². The van der Waals surface area contributed by atoms with Crippen LogP contribution in [0, 0.1) is 11.8 Å². The van der Waals surface area contributed by atoms with Gasteiger partial charge in [0.2, 0.25) is 0 Å². The number of halogens is 1. The third-order valence-corrected chi connectivity index (χ3v) is 6.01. The molecule has 0 atom stereocenters. The standard InChI is InChI=1S/C21H26FN3O/c1-23-20-21(8-4-9-21)17-14-19(26-2)15(13-18(17)24-20)5-3-10-25-11-6-16(22)7-12-25/h13-14,16H,4,6-12H2,1-2H3,(H,23,24). The zero-order valence-corrected chi connectivity index (χ0v) is 15.6. The van der Waals surface area contributed by atoms with Crippen LogP contribution >= 0.6 is 0 Å². The van der Waals surface area contributed by atoms with Crippen LogP contribution < -0.4 is 10.1 Å². The Morgan fingerprint density at radius 1 is 1.35 bits per heavy atom. The van der Waals surface area contributed by atoms with Gasteiger partial charge < -0.3 is 10.1 Å². The smallest absolute Gasteiger partial charge is 0.134 e. The number of nitrogens with one attached hydrogen (secondary N) is 1. The predicted octanol–water partition coefficient (Wildman–Crippen LogP) is 3.17. The molecule has 1 aromatic carbocycles. The summed E-state index contributed by atoms with van der Waals surface area (Å²) in [5, 5.41) is 3.29. The maximum Gasteiger partial charge on any atom is 0.134 e. The Bertz CT molecular complexity index is 780. The molecule has 1 saturated heterocycles. The van der Waals surface area contributed by atoms with Crippen LogP contribution in [-0.4, -0.2) is 50.7 Å². The SMILES string of the molecule is CNC1=Nc2cc(C#CCN3CCC(F)CC3)c(OC)cc2C12CCC2. The highest BCUT2D eigenvalue weighted by atomic mass is 19.1. The second-order valence-electron chi connectivity index (χ2n) is 7.47. The molecule has 2 heterocycles. The van der Waals surface area contributed by atoms with Crippen LogP contribution in [0.25, 0.3) is 0 Å². The number of benzene rings is 1. The molecule has 0 amide bonds. The van der Waals surface area contributed by atoms with Crippen molar-refractivity contribution in [3.63, 3.8) is 0 Å². The number of rotatable bonds is 2. The van der Waals surface area contributed by atoms with Crippen molar-refractivity contribution in [2.24, 2.45) is 4.99 Å². The van der Waals surface area contributed by atoms with Crippen molar-refractivity contribution in [2.45, 2.75) is 43.7 Å². The van der Waals surface area contributed by atoms with Crippen molar-refractivity contribution in [1.29, 1.82) is 0 Å². The van der Waals surface area contributed by atoms with E-state index >= 15 is 0 Å². The summed E-state index contributed by atoms with van der Waals surface area (Å²) in [5.74, 6) is 8.37. The van der Waals surface area contributed by atoms with Crippen LogP contribution in [0.5, 0.6) is 5.75 Å². The van der Waals surface area contributed by atoms with Crippen molar-refractivity contribution in [2.75, 3.05) is 33.8 Å². The molecule has 0 aromatic heterocycles. The van der Waals surface area contributed by atoms with Gasteiger partial charge >= 0.3 is 0 Å². The van der Waals surface area contributed by atoms with E-state index in [1.807, 2.05) is 7.05 Å². The average molecular weight is 355 g/mol. The lowest BCUT2D eigenvalue weighted by atomic mass is 9.64. The molecule has 2 fully saturated rings. The lowest BCUT2D eigenvalue weighted by Gasteiger charge is -2.40. The molecular formula is C21H26FN3O. The van der Waals surface area contributed by atoms with Gasteiger partial charge in [0.15, 0.2) is 0 Å². The lowest BCUT2D eigenvalue weighted by molar-refractivity contribution is 0.164. The summed E-state index contributed by atoms with van der Waals surface area (Å²) in [6.45, 7) is 2.24.